The number of benzene rings is 2. The number of carbonyl (C=O) groups is 1. The summed E-state index contributed by atoms with van der Waals surface area (Å²) in [6.45, 7) is 34.6. The minimum Gasteiger partial charge on any atom is -0.507 e. The van der Waals surface area contributed by atoms with E-state index in [2.05, 4.69) is 121 Å². The molecule has 1 heterocycles. The number of esters is 1. The summed E-state index contributed by atoms with van der Waals surface area (Å²) in [5.41, 5.74) is 3.53. The highest BCUT2D eigenvalue weighted by molar-refractivity contribution is 8.18. The third kappa shape index (κ3) is 9.60. The normalized spacial score (nSPS) is 17.9. The van der Waals surface area contributed by atoms with Crippen molar-refractivity contribution in [3.8, 4) is 11.5 Å². The Balaban J connectivity index is 1.99. The van der Waals surface area contributed by atoms with E-state index in [0.29, 0.717) is 18.8 Å². The van der Waals surface area contributed by atoms with Gasteiger partial charge < -0.3 is 19.3 Å². The van der Waals surface area contributed by atoms with E-state index in [1.165, 1.54) is 4.90 Å². The van der Waals surface area contributed by atoms with Gasteiger partial charge in [-0.15, -0.1) is 23.5 Å². The van der Waals surface area contributed by atoms with Gasteiger partial charge in [0.2, 0.25) is 5.79 Å². The zero-order valence-corrected chi connectivity index (χ0v) is 32.3. The highest BCUT2D eigenvalue weighted by Crippen LogP contribution is 2.51. The van der Waals surface area contributed by atoms with E-state index in [9.17, 15) is 9.90 Å². The predicted molar refractivity (Wildman–Crippen MR) is 190 cm³/mol. The number of carbonyl (C=O) groups excluding carboxylic acids is 1. The minimum atomic E-state index is -0.901. The highest BCUT2D eigenvalue weighted by Gasteiger charge is 2.41. The van der Waals surface area contributed by atoms with Crippen LogP contribution in [0.25, 0.3) is 0 Å². The van der Waals surface area contributed by atoms with Crippen molar-refractivity contribution in [3.63, 3.8) is 0 Å². The second kappa shape index (κ2) is 12.6. The van der Waals surface area contributed by atoms with E-state index >= 15 is 0 Å². The van der Waals surface area contributed by atoms with Crippen molar-refractivity contribution in [1.29, 1.82) is 0 Å². The summed E-state index contributed by atoms with van der Waals surface area (Å²) in [6.07, 6.45) is -0.198. The number of hydrogen-bond donors (Lipinski definition) is 1. The summed E-state index contributed by atoms with van der Waals surface area (Å²) < 4.78 is 17.5. The van der Waals surface area contributed by atoms with Crippen molar-refractivity contribution in [2.75, 3.05) is 6.61 Å². The number of rotatable bonds is 8. The maximum Gasteiger partial charge on any atom is 0.338 e. The van der Waals surface area contributed by atoms with Gasteiger partial charge in [0.25, 0.3) is 0 Å². The number of hydrogen-bond acceptors (Lipinski definition) is 7. The van der Waals surface area contributed by atoms with Gasteiger partial charge in [-0.3, -0.25) is 0 Å². The molecular formula is C38H58O5S2. The van der Waals surface area contributed by atoms with Crippen molar-refractivity contribution in [2.45, 2.75) is 165 Å². The van der Waals surface area contributed by atoms with Crippen LogP contribution in [0.2, 0.25) is 0 Å². The molecule has 0 aliphatic carbocycles. The summed E-state index contributed by atoms with van der Waals surface area (Å²) in [5, 5.41) is 11.3. The Morgan fingerprint density at radius 3 is 1.42 bits per heavy atom. The molecule has 1 N–H and O–H groups in total. The summed E-state index contributed by atoms with van der Waals surface area (Å²) in [6, 6.07) is 8.89. The van der Waals surface area contributed by atoms with Crippen molar-refractivity contribution >= 4 is 29.5 Å². The zero-order valence-electron chi connectivity index (χ0n) is 30.7. The van der Waals surface area contributed by atoms with Crippen LogP contribution in [0.1, 0.15) is 139 Å². The van der Waals surface area contributed by atoms with Gasteiger partial charge in [-0.05, 0) is 59.8 Å². The lowest BCUT2D eigenvalue weighted by atomic mass is 9.79. The Labute approximate surface area is 282 Å². The van der Waals surface area contributed by atoms with Gasteiger partial charge in [-0.2, -0.15) is 0 Å². The van der Waals surface area contributed by atoms with E-state index in [4.69, 9.17) is 14.2 Å². The second-order valence-corrected chi connectivity index (χ2v) is 21.0. The van der Waals surface area contributed by atoms with Crippen LogP contribution in [-0.4, -0.2) is 33.7 Å². The summed E-state index contributed by atoms with van der Waals surface area (Å²) in [7, 11) is 0. The van der Waals surface area contributed by atoms with E-state index in [1.807, 2.05) is 23.5 Å². The molecule has 0 radical (unpaired) electrons. The number of aromatic hydroxyl groups is 1. The largest absolute Gasteiger partial charge is 0.507 e. The van der Waals surface area contributed by atoms with Crippen LogP contribution in [0, 0.1) is 0 Å². The molecule has 2 aromatic rings. The van der Waals surface area contributed by atoms with Crippen LogP contribution < -0.4 is 4.74 Å². The Morgan fingerprint density at radius 1 is 0.711 bits per heavy atom. The molecule has 45 heavy (non-hydrogen) atoms. The molecule has 0 spiro atoms. The van der Waals surface area contributed by atoms with Crippen LogP contribution in [0.5, 0.6) is 11.5 Å². The fourth-order valence-electron chi connectivity index (χ4n) is 5.50. The molecule has 5 nitrogen and oxygen atoms in total. The lowest BCUT2D eigenvalue weighted by molar-refractivity contribution is -0.160. The first-order chi connectivity index (χ1) is 20.1. The molecule has 1 saturated heterocycles. The van der Waals surface area contributed by atoms with Gasteiger partial charge in [0.05, 0.1) is 10.7 Å². The van der Waals surface area contributed by atoms with Crippen LogP contribution in [-0.2, 0) is 35.9 Å². The van der Waals surface area contributed by atoms with Gasteiger partial charge in [0.1, 0.15) is 11.5 Å². The molecule has 3 rings (SSSR count). The van der Waals surface area contributed by atoms with E-state index in [-0.39, 0.29) is 31.7 Å². The Morgan fingerprint density at radius 2 is 1.09 bits per heavy atom. The molecule has 7 heteroatoms. The molecule has 1 fully saturated rings. The molecule has 0 bridgehead atoms. The summed E-state index contributed by atoms with van der Waals surface area (Å²) in [4.78, 5) is 14.7. The number of ether oxygens (including phenoxy) is 3. The van der Waals surface area contributed by atoms with Gasteiger partial charge in [0.15, 0.2) is 6.10 Å². The first kappa shape index (κ1) is 37.6. The smallest absolute Gasteiger partial charge is 0.338 e. The fraction of sp³-hybridized carbons (Fsp3) is 0.658. The number of phenolic OH excluding ortho intramolecular Hbond substituents is 1. The van der Waals surface area contributed by atoms with Crippen LogP contribution in [0.3, 0.4) is 0 Å². The molecule has 1 atom stereocenters. The van der Waals surface area contributed by atoms with E-state index in [0.717, 1.165) is 32.9 Å². The first-order valence-corrected chi connectivity index (χ1v) is 17.7. The standard InChI is InChI=1S/C38H58O5S2/c1-33(2,3)25-19-23(20-26(30(25)39)34(4,5)6)44-38(15,16)45-24-21-27(35(7,8)9)31(28(22-24)36(10,11)12)41-18-17-29-32(40)43-37(13,14)42-29/h19-22,29,39H,17-18H2,1-16H3/t29-/m1/s1. The van der Waals surface area contributed by atoms with Gasteiger partial charge in [-0.25, -0.2) is 4.79 Å². The van der Waals surface area contributed by atoms with Gasteiger partial charge in [-0.1, -0.05) is 83.1 Å². The molecule has 0 amide bonds. The Bertz CT molecular complexity index is 1330. The maximum absolute atomic E-state index is 12.3. The Hall–Kier alpha value is -1.83. The average Bonchev–Trinajstić information content (AvgIpc) is 3.08. The zero-order chi connectivity index (χ0) is 34.6. The summed E-state index contributed by atoms with van der Waals surface area (Å²) in [5.74, 6) is 0.0604. The molecule has 0 saturated carbocycles. The van der Waals surface area contributed by atoms with E-state index < -0.39 is 11.9 Å². The minimum absolute atomic E-state index is 0.172. The molecule has 252 valence electrons. The number of thioether (sulfide) groups is 2. The Kier molecular flexibility index (Phi) is 10.6. The fourth-order valence-corrected chi connectivity index (χ4v) is 8.08. The third-order valence-electron chi connectivity index (χ3n) is 7.77. The lowest BCUT2D eigenvalue weighted by Crippen LogP contribution is -2.24. The SMILES string of the molecule is CC1(C)OC(=O)[C@@H](CCOc2c(C(C)(C)C)cc(SC(C)(C)Sc3cc(C(C)(C)C)c(O)c(C(C)(C)C)c3)cc2C(C)(C)C)O1. The van der Waals surface area contributed by atoms with Crippen LogP contribution in [0.15, 0.2) is 34.1 Å². The van der Waals surface area contributed by atoms with Crippen LogP contribution in [0.4, 0.5) is 0 Å². The van der Waals surface area contributed by atoms with E-state index in [1.54, 1.807) is 13.8 Å². The van der Waals surface area contributed by atoms with Crippen molar-refractivity contribution in [2.24, 2.45) is 0 Å². The topological polar surface area (TPSA) is 65.0 Å². The maximum atomic E-state index is 12.3. The summed E-state index contributed by atoms with van der Waals surface area (Å²) >= 11 is 3.68. The molecule has 0 aromatic heterocycles. The number of cyclic esters (lactones) is 1. The first-order valence-electron chi connectivity index (χ1n) is 16.1. The van der Waals surface area contributed by atoms with Crippen LogP contribution >= 0.6 is 23.5 Å². The molecule has 2 aromatic carbocycles. The van der Waals surface area contributed by atoms with Crippen molar-refractivity contribution in [3.05, 3.63) is 46.5 Å². The van der Waals surface area contributed by atoms with Crippen molar-refractivity contribution in [1.82, 2.24) is 0 Å². The average molecular weight is 659 g/mol. The number of phenols is 1. The highest BCUT2D eigenvalue weighted by atomic mass is 32.2. The molecule has 0 unspecified atom stereocenters. The second-order valence-electron chi connectivity index (χ2n) is 17.4. The predicted octanol–water partition coefficient (Wildman–Crippen LogP) is 10.6. The molecular weight excluding hydrogens is 601 g/mol. The quantitative estimate of drug-likeness (QED) is 0.172. The van der Waals surface area contributed by atoms with Crippen molar-refractivity contribution < 1.29 is 24.1 Å². The molecule has 1 aliphatic rings. The monoisotopic (exact) mass is 658 g/mol. The van der Waals surface area contributed by atoms with Gasteiger partial charge in [0, 0.05) is 52.3 Å². The third-order valence-corrected chi connectivity index (χ3v) is 10.2. The lowest BCUT2D eigenvalue weighted by Gasteiger charge is -2.32. The van der Waals surface area contributed by atoms with Gasteiger partial charge >= 0.3 is 5.97 Å². The molecule has 1 aliphatic heterocycles.